The lowest BCUT2D eigenvalue weighted by atomic mass is 10.1. The lowest BCUT2D eigenvalue weighted by Crippen LogP contribution is -2.18. The fourth-order valence-corrected chi connectivity index (χ4v) is 3.26. The van der Waals surface area contributed by atoms with E-state index >= 15 is 0 Å². The summed E-state index contributed by atoms with van der Waals surface area (Å²) < 4.78 is 7.72. The van der Waals surface area contributed by atoms with Gasteiger partial charge in [-0.3, -0.25) is 0 Å². The maximum atomic E-state index is 5.79. The first-order chi connectivity index (χ1) is 10.2. The van der Waals surface area contributed by atoms with Crippen LogP contribution in [0.3, 0.4) is 0 Å². The SMILES string of the molecule is Brc1ccc(OCC2CC(c3ccccc3)=NO2)c(Br)c1. The minimum atomic E-state index is -0.0456. The molecule has 1 heterocycles. The summed E-state index contributed by atoms with van der Waals surface area (Å²) in [5.74, 6) is 0.801. The second-order valence-electron chi connectivity index (χ2n) is 4.72. The van der Waals surface area contributed by atoms with Crippen LogP contribution in [0.5, 0.6) is 5.75 Å². The highest BCUT2D eigenvalue weighted by atomic mass is 79.9. The molecule has 2 aromatic rings. The third-order valence-electron chi connectivity index (χ3n) is 3.16. The average molecular weight is 411 g/mol. The van der Waals surface area contributed by atoms with Crippen molar-refractivity contribution < 1.29 is 9.57 Å². The lowest BCUT2D eigenvalue weighted by molar-refractivity contribution is 0.0468. The third kappa shape index (κ3) is 3.66. The minimum absolute atomic E-state index is 0.0456. The number of oxime groups is 1. The molecule has 0 saturated carbocycles. The van der Waals surface area contributed by atoms with Crippen LogP contribution in [0.4, 0.5) is 0 Å². The van der Waals surface area contributed by atoms with E-state index in [1.54, 1.807) is 0 Å². The first-order valence-electron chi connectivity index (χ1n) is 6.58. The number of ether oxygens (including phenoxy) is 1. The van der Waals surface area contributed by atoms with Crippen LogP contribution in [-0.2, 0) is 4.84 Å². The van der Waals surface area contributed by atoms with Crippen LogP contribution < -0.4 is 4.74 Å². The van der Waals surface area contributed by atoms with Gasteiger partial charge >= 0.3 is 0 Å². The summed E-state index contributed by atoms with van der Waals surface area (Å²) in [4.78, 5) is 5.44. The van der Waals surface area contributed by atoms with Crippen molar-refractivity contribution in [2.24, 2.45) is 5.16 Å². The molecule has 0 N–H and O–H groups in total. The van der Waals surface area contributed by atoms with Gasteiger partial charge in [-0.15, -0.1) is 0 Å². The predicted octanol–water partition coefficient (Wildman–Crippen LogP) is 4.78. The molecule has 0 spiro atoms. The fourth-order valence-electron chi connectivity index (χ4n) is 2.09. The van der Waals surface area contributed by atoms with Gasteiger partial charge in [0.05, 0.1) is 10.2 Å². The van der Waals surface area contributed by atoms with Crippen LogP contribution in [0.2, 0.25) is 0 Å². The Morgan fingerprint density at radius 1 is 1.14 bits per heavy atom. The van der Waals surface area contributed by atoms with Gasteiger partial charge in [-0.05, 0) is 39.7 Å². The molecule has 1 aliphatic rings. The highest BCUT2D eigenvalue weighted by molar-refractivity contribution is 9.11. The summed E-state index contributed by atoms with van der Waals surface area (Å²) in [5.41, 5.74) is 2.07. The van der Waals surface area contributed by atoms with Crippen LogP contribution in [0.15, 0.2) is 62.6 Å². The van der Waals surface area contributed by atoms with Crippen LogP contribution in [0.25, 0.3) is 0 Å². The van der Waals surface area contributed by atoms with Gasteiger partial charge in [0.1, 0.15) is 12.4 Å². The number of nitrogens with zero attached hydrogens (tertiary/aromatic N) is 1. The van der Waals surface area contributed by atoms with Crippen molar-refractivity contribution in [1.82, 2.24) is 0 Å². The number of hydrogen-bond acceptors (Lipinski definition) is 3. The van der Waals surface area contributed by atoms with Crippen molar-refractivity contribution in [1.29, 1.82) is 0 Å². The molecular formula is C16H13Br2NO2. The van der Waals surface area contributed by atoms with Gasteiger partial charge in [0, 0.05) is 10.9 Å². The second kappa shape index (κ2) is 6.62. The Hall–Kier alpha value is -1.33. The summed E-state index contributed by atoms with van der Waals surface area (Å²) >= 11 is 6.90. The highest BCUT2D eigenvalue weighted by Crippen LogP contribution is 2.29. The quantitative estimate of drug-likeness (QED) is 0.725. The molecule has 2 aromatic carbocycles. The maximum Gasteiger partial charge on any atom is 0.167 e. The maximum absolute atomic E-state index is 5.79. The molecule has 21 heavy (non-hydrogen) atoms. The summed E-state index contributed by atoms with van der Waals surface area (Å²) in [6, 6.07) is 15.9. The Bertz CT molecular complexity index is 659. The molecule has 1 unspecified atom stereocenters. The van der Waals surface area contributed by atoms with Crippen LogP contribution >= 0.6 is 31.9 Å². The van der Waals surface area contributed by atoms with Crippen LogP contribution in [0, 0.1) is 0 Å². The Balaban J connectivity index is 1.57. The van der Waals surface area contributed by atoms with Gasteiger partial charge in [0.2, 0.25) is 0 Å². The lowest BCUT2D eigenvalue weighted by Gasteiger charge is -2.12. The average Bonchev–Trinajstić information content (AvgIpc) is 2.96. The molecule has 0 saturated heterocycles. The number of halogens is 2. The molecule has 3 rings (SSSR count). The van der Waals surface area contributed by atoms with E-state index in [2.05, 4.69) is 37.0 Å². The second-order valence-corrected chi connectivity index (χ2v) is 6.49. The van der Waals surface area contributed by atoms with Crippen molar-refractivity contribution in [2.75, 3.05) is 6.61 Å². The molecule has 3 nitrogen and oxygen atoms in total. The van der Waals surface area contributed by atoms with E-state index in [0.29, 0.717) is 6.61 Å². The Morgan fingerprint density at radius 3 is 2.71 bits per heavy atom. The monoisotopic (exact) mass is 409 g/mol. The van der Waals surface area contributed by atoms with Crippen molar-refractivity contribution in [3.05, 3.63) is 63.0 Å². The minimum Gasteiger partial charge on any atom is -0.488 e. The molecule has 5 heteroatoms. The van der Waals surface area contributed by atoms with E-state index in [9.17, 15) is 0 Å². The molecule has 0 radical (unpaired) electrons. The molecule has 0 fully saturated rings. The fraction of sp³-hybridized carbons (Fsp3) is 0.188. The van der Waals surface area contributed by atoms with E-state index < -0.39 is 0 Å². The number of rotatable bonds is 4. The number of benzene rings is 2. The Kier molecular flexibility index (Phi) is 4.60. The van der Waals surface area contributed by atoms with Gasteiger partial charge in [-0.2, -0.15) is 0 Å². The first kappa shape index (κ1) is 14.6. The van der Waals surface area contributed by atoms with E-state index in [0.717, 1.165) is 32.4 Å². The largest absolute Gasteiger partial charge is 0.488 e. The van der Waals surface area contributed by atoms with Crippen molar-refractivity contribution in [3.8, 4) is 5.75 Å². The molecule has 0 bridgehead atoms. The summed E-state index contributed by atoms with van der Waals surface area (Å²) in [7, 11) is 0. The molecule has 0 aromatic heterocycles. The van der Waals surface area contributed by atoms with Crippen LogP contribution in [0.1, 0.15) is 12.0 Å². The van der Waals surface area contributed by atoms with Gasteiger partial charge < -0.3 is 9.57 Å². The zero-order chi connectivity index (χ0) is 14.7. The zero-order valence-corrected chi connectivity index (χ0v) is 14.3. The molecule has 0 aliphatic carbocycles. The smallest absolute Gasteiger partial charge is 0.167 e. The molecular weight excluding hydrogens is 398 g/mol. The van der Waals surface area contributed by atoms with Crippen LogP contribution in [-0.4, -0.2) is 18.4 Å². The van der Waals surface area contributed by atoms with E-state index in [-0.39, 0.29) is 6.10 Å². The van der Waals surface area contributed by atoms with Gasteiger partial charge in [-0.25, -0.2) is 0 Å². The van der Waals surface area contributed by atoms with Crippen molar-refractivity contribution >= 4 is 37.6 Å². The molecule has 108 valence electrons. The van der Waals surface area contributed by atoms with Gasteiger partial charge in [-0.1, -0.05) is 51.4 Å². The number of hydrogen-bond donors (Lipinski definition) is 0. The predicted molar refractivity (Wildman–Crippen MR) is 89.8 cm³/mol. The Labute approximate surface area is 140 Å². The van der Waals surface area contributed by atoms with Gasteiger partial charge in [0.15, 0.2) is 6.10 Å². The first-order valence-corrected chi connectivity index (χ1v) is 8.17. The van der Waals surface area contributed by atoms with Crippen molar-refractivity contribution in [3.63, 3.8) is 0 Å². The van der Waals surface area contributed by atoms with E-state index in [1.165, 1.54) is 0 Å². The van der Waals surface area contributed by atoms with Crippen molar-refractivity contribution in [2.45, 2.75) is 12.5 Å². The summed E-state index contributed by atoms with van der Waals surface area (Å²) in [6.45, 7) is 0.472. The highest BCUT2D eigenvalue weighted by Gasteiger charge is 2.23. The topological polar surface area (TPSA) is 30.8 Å². The third-order valence-corrected chi connectivity index (χ3v) is 4.27. The molecule has 1 atom stereocenters. The zero-order valence-electron chi connectivity index (χ0n) is 11.1. The normalized spacial score (nSPS) is 17.2. The van der Waals surface area contributed by atoms with E-state index in [4.69, 9.17) is 9.57 Å². The summed E-state index contributed by atoms with van der Waals surface area (Å²) in [5, 5.41) is 4.15. The van der Waals surface area contributed by atoms with E-state index in [1.807, 2.05) is 48.5 Å². The molecule has 1 aliphatic heterocycles. The van der Waals surface area contributed by atoms with Gasteiger partial charge in [0.25, 0.3) is 0 Å². The standard InChI is InChI=1S/C16H13Br2NO2/c17-12-6-7-16(14(18)8-12)20-10-13-9-15(19-21-13)11-4-2-1-3-5-11/h1-8,13H,9-10H2. The summed E-state index contributed by atoms with van der Waals surface area (Å²) in [6.07, 6.45) is 0.716. The Morgan fingerprint density at radius 2 is 1.95 bits per heavy atom. The molecule has 0 amide bonds.